The lowest BCUT2D eigenvalue weighted by atomic mass is 9.89. The Bertz CT molecular complexity index is 620. The molecule has 0 aromatic heterocycles. The van der Waals surface area contributed by atoms with Crippen LogP contribution in [0.25, 0.3) is 0 Å². The molecule has 0 spiro atoms. The summed E-state index contributed by atoms with van der Waals surface area (Å²) in [6.07, 6.45) is 4.53. The highest BCUT2D eigenvalue weighted by atomic mass is 127. The summed E-state index contributed by atoms with van der Waals surface area (Å²) in [7, 11) is 0. The number of benzene rings is 1. The first-order valence-electron chi connectivity index (χ1n) is 10.2. The van der Waals surface area contributed by atoms with Crippen molar-refractivity contribution in [1.29, 1.82) is 0 Å². The molecule has 3 rings (SSSR count). The average molecular weight is 500 g/mol. The second-order valence-electron chi connectivity index (χ2n) is 7.27. The van der Waals surface area contributed by atoms with Crippen LogP contribution in [0.4, 0.5) is 0 Å². The SMILES string of the molecule is CCNC(=NCC(=O)N1CCCC1)NCC1CCCOC1c1ccccc1.I. The number of aliphatic imine (C=N–C) groups is 1. The van der Waals surface area contributed by atoms with Gasteiger partial charge in [-0.15, -0.1) is 24.0 Å². The van der Waals surface area contributed by atoms with Crippen LogP contribution < -0.4 is 10.6 Å². The summed E-state index contributed by atoms with van der Waals surface area (Å²) in [5.41, 5.74) is 1.23. The standard InChI is InChI=1S/C21H32N4O2.HI/c1-2-22-21(24-16-19(26)25-12-6-7-13-25)23-15-18-11-8-14-27-20(18)17-9-4-3-5-10-17;/h3-5,9-10,18,20H,2,6-8,11-16H2,1H3,(H2,22,23,24);1H. The molecule has 1 amide bonds. The molecule has 2 unspecified atom stereocenters. The summed E-state index contributed by atoms with van der Waals surface area (Å²) in [6.45, 7) is 6.35. The summed E-state index contributed by atoms with van der Waals surface area (Å²) < 4.78 is 6.07. The van der Waals surface area contributed by atoms with Crippen molar-refractivity contribution in [2.75, 3.05) is 39.3 Å². The van der Waals surface area contributed by atoms with Gasteiger partial charge in [-0.05, 0) is 38.2 Å². The number of halogens is 1. The number of carbonyl (C=O) groups is 1. The van der Waals surface area contributed by atoms with Gasteiger partial charge in [-0.1, -0.05) is 30.3 Å². The second kappa shape index (κ2) is 12.3. The third-order valence-electron chi connectivity index (χ3n) is 5.28. The molecular formula is C21H33IN4O2. The van der Waals surface area contributed by atoms with Crippen molar-refractivity contribution >= 4 is 35.8 Å². The third kappa shape index (κ3) is 6.62. The summed E-state index contributed by atoms with van der Waals surface area (Å²) in [6, 6.07) is 10.4. The topological polar surface area (TPSA) is 66.0 Å². The highest BCUT2D eigenvalue weighted by molar-refractivity contribution is 14.0. The average Bonchev–Trinajstić information content (AvgIpc) is 3.26. The quantitative estimate of drug-likeness (QED) is 0.358. The molecule has 0 saturated carbocycles. The van der Waals surface area contributed by atoms with Crippen molar-refractivity contribution in [3.05, 3.63) is 35.9 Å². The van der Waals surface area contributed by atoms with Gasteiger partial charge in [0.05, 0.1) is 6.10 Å². The van der Waals surface area contributed by atoms with Crippen molar-refractivity contribution in [2.24, 2.45) is 10.9 Å². The van der Waals surface area contributed by atoms with E-state index in [1.807, 2.05) is 17.9 Å². The molecule has 2 fully saturated rings. The van der Waals surface area contributed by atoms with Crippen molar-refractivity contribution in [2.45, 2.75) is 38.7 Å². The fourth-order valence-corrected chi connectivity index (χ4v) is 3.85. The van der Waals surface area contributed by atoms with Gasteiger partial charge in [0.25, 0.3) is 0 Å². The van der Waals surface area contributed by atoms with Gasteiger partial charge >= 0.3 is 0 Å². The van der Waals surface area contributed by atoms with Crippen LogP contribution in [0.2, 0.25) is 0 Å². The fraction of sp³-hybridized carbons (Fsp3) is 0.619. The maximum Gasteiger partial charge on any atom is 0.244 e. The Morgan fingerprint density at radius 3 is 2.64 bits per heavy atom. The van der Waals surface area contributed by atoms with E-state index in [4.69, 9.17) is 4.74 Å². The maximum absolute atomic E-state index is 12.2. The number of amides is 1. The molecule has 156 valence electrons. The third-order valence-corrected chi connectivity index (χ3v) is 5.28. The normalized spacial score (nSPS) is 22.5. The molecule has 0 bridgehead atoms. The van der Waals surface area contributed by atoms with Gasteiger partial charge in [0.1, 0.15) is 6.54 Å². The van der Waals surface area contributed by atoms with E-state index in [1.54, 1.807) is 0 Å². The lowest BCUT2D eigenvalue weighted by molar-refractivity contribution is -0.128. The van der Waals surface area contributed by atoms with Crippen molar-refractivity contribution in [3.8, 4) is 0 Å². The minimum absolute atomic E-state index is 0. The molecule has 28 heavy (non-hydrogen) atoms. The molecule has 6 nitrogen and oxygen atoms in total. The van der Waals surface area contributed by atoms with Gasteiger partial charge in [-0.2, -0.15) is 0 Å². The number of rotatable bonds is 6. The van der Waals surface area contributed by atoms with Gasteiger partial charge < -0.3 is 20.3 Å². The summed E-state index contributed by atoms with van der Waals surface area (Å²) >= 11 is 0. The zero-order valence-electron chi connectivity index (χ0n) is 16.7. The molecule has 2 saturated heterocycles. The summed E-state index contributed by atoms with van der Waals surface area (Å²) in [5.74, 6) is 1.22. The lowest BCUT2D eigenvalue weighted by Gasteiger charge is -2.32. The molecule has 2 aliphatic rings. The Kier molecular flexibility index (Phi) is 10.0. The molecule has 7 heteroatoms. The molecule has 2 atom stereocenters. The minimum Gasteiger partial charge on any atom is -0.373 e. The van der Waals surface area contributed by atoms with Crippen LogP contribution in [0.15, 0.2) is 35.3 Å². The fourth-order valence-electron chi connectivity index (χ4n) is 3.85. The van der Waals surface area contributed by atoms with Crippen LogP contribution in [-0.4, -0.2) is 56.1 Å². The predicted molar refractivity (Wildman–Crippen MR) is 123 cm³/mol. The minimum atomic E-state index is 0. The van der Waals surface area contributed by atoms with Crippen molar-refractivity contribution < 1.29 is 9.53 Å². The van der Waals surface area contributed by atoms with Crippen LogP contribution >= 0.6 is 24.0 Å². The van der Waals surface area contributed by atoms with E-state index < -0.39 is 0 Å². The molecule has 0 aliphatic carbocycles. The van der Waals surface area contributed by atoms with Gasteiger partial charge in [0, 0.05) is 38.7 Å². The Hall–Kier alpha value is -1.35. The summed E-state index contributed by atoms with van der Waals surface area (Å²) in [4.78, 5) is 18.7. The van der Waals surface area contributed by atoms with E-state index in [0.717, 1.165) is 58.5 Å². The zero-order valence-corrected chi connectivity index (χ0v) is 19.1. The van der Waals surface area contributed by atoms with Gasteiger partial charge in [0.15, 0.2) is 5.96 Å². The van der Waals surface area contributed by atoms with E-state index in [0.29, 0.717) is 11.9 Å². The Morgan fingerprint density at radius 1 is 1.18 bits per heavy atom. The number of likely N-dealkylation sites (tertiary alicyclic amines) is 1. The summed E-state index contributed by atoms with van der Waals surface area (Å²) in [5, 5.41) is 6.67. The van der Waals surface area contributed by atoms with Crippen LogP contribution in [-0.2, 0) is 9.53 Å². The molecule has 1 aromatic rings. The van der Waals surface area contributed by atoms with Crippen LogP contribution in [0.3, 0.4) is 0 Å². The molecule has 2 aliphatic heterocycles. The first kappa shape index (κ1) is 22.9. The van der Waals surface area contributed by atoms with Crippen LogP contribution in [0.1, 0.15) is 44.3 Å². The number of nitrogens with one attached hydrogen (secondary N) is 2. The Morgan fingerprint density at radius 2 is 1.93 bits per heavy atom. The van der Waals surface area contributed by atoms with Crippen LogP contribution in [0.5, 0.6) is 0 Å². The molecule has 1 aromatic carbocycles. The monoisotopic (exact) mass is 500 g/mol. The highest BCUT2D eigenvalue weighted by Gasteiger charge is 2.27. The van der Waals surface area contributed by atoms with Gasteiger partial charge in [0.2, 0.25) is 5.91 Å². The molecular weight excluding hydrogens is 467 g/mol. The smallest absolute Gasteiger partial charge is 0.244 e. The Balaban J connectivity index is 0.00000280. The first-order valence-corrected chi connectivity index (χ1v) is 10.2. The number of guanidine groups is 1. The highest BCUT2D eigenvalue weighted by Crippen LogP contribution is 2.33. The lowest BCUT2D eigenvalue weighted by Crippen LogP contribution is -2.42. The first-order chi connectivity index (χ1) is 13.3. The van der Waals surface area contributed by atoms with E-state index in [9.17, 15) is 4.79 Å². The van der Waals surface area contributed by atoms with E-state index in [1.165, 1.54) is 5.56 Å². The maximum atomic E-state index is 12.2. The van der Waals surface area contributed by atoms with E-state index in [2.05, 4.69) is 39.9 Å². The predicted octanol–water partition coefficient (Wildman–Crippen LogP) is 2.95. The number of carbonyl (C=O) groups excluding carboxylic acids is 1. The zero-order chi connectivity index (χ0) is 18.9. The number of nitrogens with zero attached hydrogens (tertiary/aromatic N) is 2. The number of hydrogen-bond acceptors (Lipinski definition) is 3. The van der Waals surface area contributed by atoms with E-state index >= 15 is 0 Å². The van der Waals surface area contributed by atoms with Crippen LogP contribution in [0, 0.1) is 5.92 Å². The molecule has 2 N–H and O–H groups in total. The largest absolute Gasteiger partial charge is 0.373 e. The Labute approximate surface area is 185 Å². The number of ether oxygens (including phenoxy) is 1. The molecule has 2 heterocycles. The van der Waals surface area contributed by atoms with Crippen molar-refractivity contribution in [3.63, 3.8) is 0 Å². The number of hydrogen-bond donors (Lipinski definition) is 2. The van der Waals surface area contributed by atoms with Gasteiger partial charge in [-0.25, -0.2) is 4.99 Å². The second-order valence-corrected chi connectivity index (χ2v) is 7.27. The molecule has 0 radical (unpaired) electrons. The van der Waals surface area contributed by atoms with Crippen molar-refractivity contribution in [1.82, 2.24) is 15.5 Å². The van der Waals surface area contributed by atoms with Gasteiger partial charge in [-0.3, -0.25) is 4.79 Å². The van der Waals surface area contributed by atoms with E-state index in [-0.39, 0.29) is 42.5 Å².